The highest BCUT2D eigenvalue weighted by molar-refractivity contribution is 4.89. The molecule has 1 heterocycles. The van der Waals surface area contributed by atoms with Gasteiger partial charge in [0.1, 0.15) is 0 Å². The zero-order valence-electron chi connectivity index (χ0n) is 7.62. The Morgan fingerprint density at radius 1 is 1.58 bits per heavy atom. The van der Waals surface area contributed by atoms with Gasteiger partial charge in [-0.1, -0.05) is 12.2 Å². The predicted molar refractivity (Wildman–Crippen MR) is 45.7 cm³/mol. The lowest BCUT2D eigenvalue weighted by Gasteiger charge is -2.24. The highest BCUT2D eigenvalue weighted by atomic mass is 16.6. The Morgan fingerprint density at radius 3 is 2.83 bits per heavy atom. The van der Waals surface area contributed by atoms with Crippen LogP contribution in [0.2, 0.25) is 0 Å². The minimum absolute atomic E-state index is 0.0985. The second kappa shape index (κ2) is 4.03. The molecule has 0 amide bonds. The van der Waals surface area contributed by atoms with Crippen molar-refractivity contribution in [3.8, 4) is 0 Å². The van der Waals surface area contributed by atoms with Crippen molar-refractivity contribution >= 4 is 0 Å². The molecule has 0 saturated heterocycles. The predicted octanol–water partition coefficient (Wildman–Crippen LogP) is 1.08. The van der Waals surface area contributed by atoms with E-state index >= 15 is 0 Å². The molecule has 0 aromatic carbocycles. The molecule has 0 bridgehead atoms. The van der Waals surface area contributed by atoms with Crippen molar-refractivity contribution < 1.29 is 14.6 Å². The lowest BCUT2D eigenvalue weighted by molar-refractivity contribution is -0.194. The average molecular weight is 172 g/mol. The molecular weight excluding hydrogens is 156 g/mol. The molecule has 0 aliphatic carbocycles. The number of hydrogen-bond donors (Lipinski definition) is 1. The van der Waals surface area contributed by atoms with E-state index in [4.69, 9.17) is 9.47 Å². The van der Waals surface area contributed by atoms with Gasteiger partial charge in [0, 0.05) is 0 Å². The maximum atomic E-state index is 9.25. The van der Waals surface area contributed by atoms with E-state index in [1.807, 2.05) is 6.08 Å². The van der Waals surface area contributed by atoms with Gasteiger partial charge in [-0.3, -0.25) is 0 Å². The van der Waals surface area contributed by atoms with Crippen LogP contribution in [0.1, 0.15) is 20.3 Å². The maximum Gasteiger partial charge on any atom is 0.159 e. The fourth-order valence-corrected chi connectivity index (χ4v) is 0.989. The lowest BCUT2D eigenvalue weighted by atomic mass is 10.2. The molecular formula is C9H16O3. The van der Waals surface area contributed by atoms with E-state index in [2.05, 4.69) is 6.08 Å². The molecule has 1 aliphatic heterocycles. The van der Waals surface area contributed by atoms with Gasteiger partial charge in [-0.2, -0.15) is 0 Å². The molecule has 0 spiro atoms. The molecule has 1 rings (SSSR count). The minimum Gasteiger partial charge on any atom is -0.371 e. The van der Waals surface area contributed by atoms with Crippen LogP contribution >= 0.6 is 0 Å². The Morgan fingerprint density at radius 2 is 2.33 bits per heavy atom. The Labute approximate surface area is 73.0 Å². The standard InChI is InChI=1S/C9H16O3/c1-9(2,10)12-7-8-5-3-4-6-11-8/h3-4,8,10H,5-7H2,1-2H3/t8-/m1/s1. The fraction of sp³-hybridized carbons (Fsp3) is 0.778. The van der Waals surface area contributed by atoms with Crippen LogP contribution in [0.5, 0.6) is 0 Å². The summed E-state index contributed by atoms with van der Waals surface area (Å²) in [5.74, 6) is -1.05. The van der Waals surface area contributed by atoms with Crippen LogP contribution in [0.4, 0.5) is 0 Å². The molecule has 1 aliphatic rings. The van der Waals surface area contributed by atoms with Crippen LogP contribution < -0.4 is 0 Å². The summed E-state index contributed by atoms with van der Waals surface area (Å²) in [6, 6.07) is 0. The highest BCUT2D eigenvalue weighted by Gasteiger charge is 2.17. The quantitative estimate of drug-likeness (QED) is 0.511. The van der Waals surface area contributed by atoms with Gasteiger partial charge in [0.2, 0.25) is 0 Å². The van der Waals surface area contributed by atoms with Crippen molar-refractivity contribution in [2.24, 2.45) is 0 Å². The van der Waals surface area contributed by atoms with E-state index in [1.165, 1.54) is 0 Å². The second-order valence-electron chi connectivity index (χ2n) is 3.42. The topological polar surface area (TPSA) is 38.7 Å². The van der Waals surface area contributed by atoms with E-state index in [0.29, 0.717) is 13.2 Å². The number of rotatable bonds is 3. The number of ether oxygens (including phenoxy) is 2. The zero-order chi connectivity index (χ0) is 9.03. The van der Waals surface area contributed by atoms with Gasteiger partial charge < -0.3 is 14.6 Å². The van der Waals surface area contributed by atoms with Gasteiger partial charge in [-0.15, -0.1) is 0 Å². The normalized spacial score (nSPS) is 24.4. The molecule has 0 fully saturated rings. The molecule has 1 N–H and O–H groups in total. The summed E-state index contributed by atoms with van der Waals surface area (Å²) in [5.41, 5.74) is 0. The molecule has 3 nitrogen and oxygen atoms in total. The molecule has 0 radical (unpaired) electrons. The van der Waals surface area contributed by atoms with Crippen molar-refractivity contribution in [2.45, 2.75) is 32.2 Å². The van der Waals surface area contributed by atoms with E-state index in [9.17, 15) is 5.11 Å². The van der Waals surface area contributed by atoms with Crippen molar-refractivity contribution in [1.82, 2.24) is 0 Å². The summed E-state index contributed by atoms with van der Waals surface area (Å²) >= 11 is 0. The first-order valence-corrected chi connectivity index (χ1v) is 4.21. The third kappa shape index (κ3) is 3.85. The van der Waals surface area contributed by atoms with E-state index in [0.717, 1.165) is 6.42 Å². The van der Waals surface area contributed by atoms with Crippen LogP contribution in [0.3, 0.4) is 0 Å². The van der Waals surface area contributed by atoms with Crippen molar-refractivity contribution in [3.05, 3.63) is 12.2 Å². The number of aliphatic hydroxyl groups is 1. The van der Waals surface area contributed by atoms with Gasteiger partial charge >= 0.3 is 0 Å². The molecule has 0 aromatic heterocycles. The molecule has 0 unspecified atom stereocenters. The average Bonchev–Trinajstić information content (AvgIpc) is 2.02. The summed E-state index contributed by atoms with van der Waals surface area (Å²) in [5, 5.41) is 9.25. The lowest BCUT2D eigenvalue weighted by Crippen LogP contribution is -2.30. The summed E-state index contributed by atoms with van der Waals surface area (Å²) in [6.07, 6.45) is 5.03. The van der Waals surface area contributed by atoms with Crippen LogP contribution in [-0.4, -0.2) is 30.2 Å². The van der Waals surface area contributed by atoms with E-state index in [1.54, 1.807) is 13.8 Å². The zero-order valence-corrected chi connectivity index (χ0v) is 7.62. The molecule has 0 aromatic rings. The SMILES string of the molecule is CC(C)(O)OC[C@H]1CC=CCO1. The Balaban J connectivity index is 2.19. The van der Waals surface area contributed by atoms with Crippen LogP contribution in [0, 0.1) is 0 Å². The van der Waals surface area contributed by atoms with Crippen molar-refractivity contribution in [1.29, 1.82) is 0 Å². The van der Waals surface area contributed by atoms with Gasteiger partial charge in [-0.05, 0) is 20.3 Å². The van der Waals surface area contributed by atoms with Gasteiger partial charge in [-0.25, -0.2) is 0 Å². The fourth-order valence-electron chi connectivity index (χ4n) is 0.989. The molecule has 3 heteroatoms. The van der Waals surface area contributed by atoms with Crippen LogP contribution in [0.15, 0.2) is 12.2 Å². The van der Waals surface area contributed by atoms with Crippen molar-refractivity contribution in [2.75, 3.05) is 13.2 Å². The van der Waals surface area contributed by atoms with E-state index < -0.39 is 5.79 Å². The van der Waals surface area contributed by atoms with Gasteiger partial charge in [0.25, 0.3) is 0 Å². The van der Waals surface area contributed by atoms with Crippen LogP contribution in [0.25, 0.3) is 0 Å². The first-order valence-electron chi connectivity index (χ1n) is 4.21. The monoisotopic (exact) mass is 172 g/mol. The van der Waals surface area contributed by atoms with Gasteiger partial charge in [0.05, 0.1) is 19.3 Å². The Bertz CT molecular complexity index is 158. The first kappa shape index (κ1) is 9.71. The third-order valence-corrected chi connectivity index (χ3v) is 1.62. The van der Waals surface area contributed by atoms with Gasteiger partial charge in [0.15, 0.2) is 5.79 Å². The van der Waals surface area contributed by atoms with Crippen LogP contribution in [-0.2, 0) is 9.47 Å². The maximum absolute atomic E-state index is 9.25. The summed E-state index contributed by atoms with van der Waals surface area (Å²) in [6.45, 7) is 4.34. The van der Waals surface area contributed by atoms with Crippen molar-refractivity contribution in [3.63, 3.8) is 0 Å². The molecule has 1 atom stereocenters. The Kier molecular flexibility index (Phi) is 3.26. The summed E-state index contributed by atoms with van der Waals surface area (Å²) < 4.78 is 10.5. The smallest absolute Gasteiger partial charge is 0.159 e. The second-order valence-corrected chi connectivity index (χ2v) is 3.42. The highest BCUT2D eigenvalue weighted by Crippen LogP contribution is 2.10. The summed E-state index contributed by atoms with van der Waals surface area (Å²) in [4.78, 5) is 0. The minimum atomic E-state index is -1.05. The summed E-state index contributed by atoms with van der Waals surface area (Å²) in [7, 11) is 0. The number of hydrogen-bond acceptors (Lipinski definition) is 3. The molecule has 70 valence electrons. The molecule has 0 saturated carbocycles. The largest absolute Gasteiger partial charge is 0.371 e. The van der Waals surface area contributed by atoms with E-state index in [-0.39, 0.29) is 6.10 Å². The molecule has 12 heavy (non-hydrogen) atoms. The first-order chi connectivity index (χ1) is 5.58. The Hall–Kier alpha value is -0.380. The third-order valence-electron chi connectivity index (χ3n) is 1.62.